The van der Waals surface area contributed by atoms with Crippen molar-refractivity contribution in [1.82, 2.24) is 9.13 Å². The second-order valence-electron chi connectivity index (χ2n) is 8.56. The molecule has 0 saturated heterocycles. The highest BCUT2D eigenvalue weighted by Gasteiger charge is 2.13. The van der Waals surface area contributed by atoms with E-state index in [0.717, 1.165) is 31.0 Å². The zero-order chi connectivity index (χ0) is 24.1. The molecular formula is C28H20Br4N2O. The van der Waals surface area contributed by atoms with E-state index in [0.29, 0.717) is 13.2 Å². The molecule has 0 atom stereocenters. The smallest absolute Gasteiger partial charge is 0.0646 e. The minimum absolute atomic E-state index is 0.652. The number of nitrogens with zero attached hydrogens (tertiary/aromatic N) is 2. The van der Waals surface area contributed by atoms with E-state index in [4.69, 9.17) is 4.74 Å². The van der Waals surface area contributed by atoms with E-state index in [1.807, 2.05) is 0 Å². The molecule has 4 aromatic carbocycles. The summed E-state index contributed by atoms with van der Waals surface area (Å²) >= 11 is 14.5. The molecule has 0 spiro atoms. The maximum Gasteiger partial charge on any atom is 0.0646 e. The van der Waals surface area contributed by atoms with E-state index in [2.05, 4.69) is 146 Å². The fourth-order valence-corrected chi connectivity index (χ4v) is 6.44. The first-order valence-electron chi connectivity index (χ1n) is 11.3. The van der Waals surface area contributed by atoms with Crippen LogP contribution in [-0.4, -0.2) is 22.3 Å². The maximum atomic E-state index is 6.19. The molecule has 0 saturated carbocycles. The third-order valence-electron chi connectivity index (χ3n) is 6.50. The minimum atomic E-state index is 0.652. The van der Waals surface area contributed by atoms with Crippen LogP contribution in [0.25, 0.3) is 43.6 Å². The largest absolute Gasteiger partial charge is 0.378 e. The van der Waals surface area contributed by atoms with Crippen molar-refractivity contribution >= 4 is 107 Å². The summed E-state index contributed by atoms with van der Waals surface area (Å²) < 4.78 is 15.3. The Bertz CT molecular complexity index is 1490. The Labute approximate surface area is 236 Å². The predicted octanol–water partition coefficient (Wildman–Crippen LogP) is 9.67. The quantitative estimate of drug-likeness (QED) is 0.157. The van der Waals surface area contributed by atoms with Gasteiger partial charge in [0.1, 0.15) is 0 Å². The molecule has 0 aliphatic carbocycles. The van der Waals surface area contributed by atoms with Crippen LogP contribution in [0.15, 0.2) is 90.7 Å². The van der Waals surface area contributed by atoms with Crippen molar-refractivity contribution in [3.63, 3.8) is 0 Å². The number of hydrogen-bond donors (Lipinski definition) is 0. The summed E-state index contributed by atoms with van der Waals surface area (Å²) in [5, 5.41) is 4.99. The minimum Gasteiger partial charge on any atom is -0.378 e. The second kappa shape index (κ2) is 9.67. The number of halogens is 4. The molecule has 0 aliphatic rings. The van der Waals surface area contributed by atoms with Gasteiger partial charge in [-0.15, -0.1) is 0 Å². The molecule has 6 rings (SSSR count). The van der Waals surface area contributed by atoms with Gasteiger partial charge in [-0.2, -0.15) is 0 Å². The summed E-state index contributed by atoms with van der Waals surface area (Å²) in [6.07, 6.45) is 0. The molecule has 0 unspecified atom stereocenters. The van der Waals surface area contributed by atoms with Gasteiger partial charge in [0.2, 0.25) is 0 Å². The number of ether oxygens (including phenoxy) is 1. The van der Waals surface area contributed by atoms with Crippen LogP contribution >= 0.6 is 63.7 Å². The number of hydrogen-bond acceptors (Lipinski definition) is 1. The lowest BCUT2D eigenvalue weighted by Gasteiger charge is -2.11. The number of benzene rings is 4. The van der Waals surface area contributed by atoms with Gasteiger partial charge in [-0.3, -0.25) is 0 Å². The molecule has 176 valence electrons. The topological polar surface area (TPSA) is 19.1 Å². The summed E-state index contributed by atoms with van der Waals surface area (Å²) in [6.45, 7) is 2.91. The Morgan fingerprint density at radius 2 is 0.743 bits per heavy atom. The van der Waals surface area contributed by atoms with Gasteiger partial charge in [0, 0.05) is 74.6 Å². The number of rotatable bonds is 6. The van der Waals surface area contributed by atoms with Crippen molar-refractivity contribution in [2.75, 3.05) is 13.2 Å². The standard InChI is InChI=1S/C28H20Br4N2O/c29-17-1-5-25-21(13-17)22-14-18(30)2-6-26(22)33(25)9-11-35-12-10-34-27-7-3-19(31)15-23(27)24-16-20(32)4-8-28(24)34/h1-8,13-16H,9-12H2. The molecule has 3 nitrogen and oxygen atoms in total. The second-order valence-corrected chi connectivity index (χ2v) is 12.2. The van der Waals surface area contributed by atoms with Gasteiger partial charge in [-0.25, -0.2) is 0 Å². The van der Waals surface area contributed by atoms with E-state index < -0.39 is 0 Å². The molecule has 0 amide bonds. The first-order chi connectivity index (χ1) is 17.0. The van der Waals surface area contributed by atoms with Gasteiger partial charge < -0.3 is 13.9 Å². The average Bonchev–Trinajstić information content (AvgIpc) is 3.30. The van der Waals surface area contributed by atoms with Gasteiger partial charge >= 0.3 is 0 Å². The van der Waals surface area contributed by atoms with E-state index in [-0.39, 0.29) is 0 Å². The molecule has 35 heavy (non-hydrogen) atoms. The number of fused-ring (bicyclic) bond motifs is 6. The maximum absolute atomic E-state index is 6.19. The first-order valence-corrected chi connectivity index (χ1v) is 14.5. The van der Waals surface area contributed by atoms with Gasteiger partial charge in [0.05, 0.1) is 13.2 Å². The number of aromatic nitrogens is 2. The van der Waals surface area contributed by atoms with Crippen LogP contribution in [0, 0.1) is 0 Å². The van der Waals surface area contributed by atoms with E-state index in [1.165, 1.54) is 43.6 Å². The Hall–Kier alpha value is -1.64. The Morgan fingerprint density at radius 1 is 0.457 bits per heavy atom. The SMILES string of the molecule is Brc1ccc2c(c1)c1cc(Br)ccc1n2CCOCCn1c2ccc(Br)cc2c2cc(Br)ccc21. The van der Waals surface area contributed by atoms with Crippen molar-refractivity contribution in [3.05, 3.63) is 90.7 Å². The first kappa shape index (κ1) is 23.7. The monoisotopic (exact) mass is 716 g/mol. The van der Waals surface area contributed by atoms with Crippen LogP contribution in [0.2, 0.25) is 0 Å². The van der Waals surface area contributed by atoms with Crippen LogP contribution < -0.4 is 0 Å². The molecule has 7 heteroatoms. The summed E-state index contributed by atoms with van der Waals surface area (Å²) in [7, 11) is 0. The highest BCUT2D eigenvalue weighted by Crippen LogP contribution is 2.34. The van der Waals surface area contributed by atoms with Crippen LogP contribution in [0.1, 0.15) is 0 Å². The predicted molar refractivity (Wildman–Crippen MR) is 161 cm³/mol. The molecule has 2 heterocycles. The van der Waals surface area contributed by atoms with Gasteiger partial charge in [-0.1, -0.05) is 63.7 Å². The van der Waals surface area contributed by atoms with Crippen molar-refractivity contribution < 1.29 is 4.74 Å². The van der Waals surface area contributed by atoms with Crippen molar-refractivity contribution in [1.29, 1.82) is 0 Å². The molecule has 0 bridgehead atoms. The lowest BCUT2D eigenvalue weighted by molar-refractivity contribution is 0.121. The van der Waals surface area contributed by atoms with Crippen LogP contribution in [-0.2, 0) is 17.8 Å². The Morgan fingerprint density at radius 3 is 1.03 bits per heavy atom. The van der Waals surface area contributed by atoms with Gasteiger partial charge in [-0.05, 0) is 72.8 Å². The van der Waals surface area contributed by atoms with E-state index in [9.17, 15) is 0 Å². The fraction of sp³-hybridized carbons (Fsp3) is 0.143. The molecule has 0 fully saturated rings. The van der Waals surface area contributed by atoms with Crippen molar-refractivity contribution in [3.8, 4) is 0 Å². The highest BCUT2D eigenvalue weighted by molar-refractivity contribution is 9.11. The van der Waals surface area contributed by atoms with Crippen molar-refractivity contribution in [2.45, 2.75) is 13.1 Å². The Balaban J connectivity index is 1.23. The summed E-state index contributed by atoms with van der Waals surface area (Å²) in [6, 6.07) is 25.9. The zero-order valence-corrected chi connectivity index (χ0v) is 24.9. The van der Waals surface area contributed by atoms with Gasteiger partial charge in [0.25, 0.3) is 0 Å². The highest BCUT2D eigenvalue weighted by atomic mass is 79.9. The average molecular weight is 720 g/mol. The lowest BCUT2D eigenvalue weighted by Crippen LogP contribution is -2.10. The molecule has 6 aromatic rings. The zero-order valence-electron chi connectivity index (χ0n) is 18.6. The van der Waals surface area contributed by atoms with E-state index >= 15 is 0 Å². The molecule has 2 aromatic heterocycles. The van der Waals surface area contributed by atoms with Crippen LogP contribution in [0.5, 0.6) is 0 Å². The molecule has 0 radical (unpaired) electrons. The lowest BCUT2D eigenvalue weighted by atomic mass is 10.2. The summed E-state index contributed by atoms with van der Waals surface area (Å²) in [5.41, 5.74) is 4.90. The fourth-order valence-electron chi connectivity index (χ4n) is 4.99. The van der Waals surface area contributed by atoms with Crippen molar-refractivity contribution in [2.24, 2.45) is 0 Å². The molecule has 0 N–H and O–H groups in total. The van der Waals surface area contributed by atoms with Crippen LogP contribution in [0.3, 0.4) is 0 Å². The third kappa shape index (κ3) is 4.40. The normalized spacial score (nSPS) is 12.0. The molecular weight excluding hydrogens is 700 g/mol. The van der Waals surface area contributed by atoms with E-state index in [1.54, 1.807) is 0 Å². The summed E-state index contributed by atoms with van der Waals surface area (Å²) in [5.74, 6) is 0. The Kier molecular flexibility index (Phi) is 6.56. The van der Waals surface area contributed by atoms with Crippen LogP contribution in [0.4, 0.5) is 0 Å². The third-order valence-corrected chi connectivity index (χ3v) is 8.47. The molecule has 0 aliphatic heterocycles. The summed E-state index contributed by atoms with van der Waals surface area (Å²) in [4.78, 5) is 0. The van der Waals surface area contributed by atoms with Gasteiger partial charge in [0.15, 0.2) is 0 Å².